The maximum atomic E-state index is 10.8. The Hall–Kier alpha value is -1.63. The van der Waals surface area contributed by atoms with Gasteiger partial charge in [0.15, 0.2) is 6.04 Å². The molecule has 102 valence electrons. The molecule has 1 aliphatic heterocycles. The lowest BCUT2D eigenvalue weighted by Crippen LogP contribution is -2.32. The normalized spacial score (nSPS) is 20.7. The van der Waals surface area contributed by atoms with E-state index in [0.717, 1.165) is 12.3 Å². The number of hydrogen-bond donors (Lipinski definition) is 3. The van der Waals surface area contributed by atoms with Gasteiger partial charge in [0.2, 0.25) is 0 Å². The number of amidine groups is 1. The molecule has 0 amide bonds. The lowest BCUT2D eigenvalue weighted by atomic mass is 10.1. The summed E-state index contributed by atoms with van der Waals surface area (Å²) >= 11 is 0. The predicted octanol–water partition coefficient (Wildman–Crippen LogP) is -0.244. The van der Waals surface area contributed by atoms with E-state index in [2.05, 4.69) is 4.99 Å². The molecule has 0 saturated carbocycles. The van der Waals surface area contributed by atoms with E-state index in [9.17, 15) is 9.59 Å². The van der Waals surface area contributed by atoms with Gasteiger partial charge in [0.25, 0.3) is 0 Å². The van der Waals surface area contributed by atoms with Crippen molar-refractivity contribution < 1.29 is 19.8 Å². The Kier molecular flexibility index (Phi) is 5.08. The molecular weight excluding hydrogens is 238 g/mol. The maximum Gasteiger partial charge on any atom is 0.330 e. The van der Waals surface area contributed by atoms with Crippen LogP contribution in [0.2, 0.25) is 0 Å². The van der Waals surface area contributed by atoms with Gasteiger partial charge in [-0.05, 0) is 26.2 Å². The third-order valence-corrected chi connectivity index (χ3v) is 2.99. The average Bonchev–Trinajstić information content (AvgIpc) is 2.66. The predicted molar refractivity (Wildman–Crippen MR) is 65.6 cm³/mol. The molecule has 0 radical (unpaired) electrons. The van der Waals surface area contributed by atoms with Crippen molar-refractivity contribution in [3.63, 3.8) is 0 Å². The molecule has 0 aromatic heterocycles. The molecule has 18 heavy (non-hydrogen) atoms. The van der Waals surface area contributed by atoms with Crippen LogP contribution in [0, 0.1) is 0 Å². The summed E-state index contributed by atoms with van der Waals surface area (Å²) in [6.45, 7) is 2.86. The van der Waals surface area contributed by atoms with Crippen molar-refractivity contribution >= 4 is 17.8 Å². The fraction of sp³-hybridized carbons (Fsp3) is 0.727. The van der Waals surface area contributed by atoms with Gasteiger partial charge in [-0.25, -0.2) is 4.79 Å². The number of carboxylic acids is 2. The standard InChI is InChI=1S/C11H19N3O4/c1-7-13-9(11(17)18)6-14(7)5-3-2-4-8(12)10(15)16/h8-9H,2-6,12H2,1H3,(H,15,16)(H,17,18)/t8-,9?/m0/s1. The summed E-state index contributed by atoms with van der Waals surface area (Å²) in [6, 6.07) is -1.49. The summed E-state index contributed by atoms with van der Waals surface area (Å²) in [5.41, 5.74) is 5.39. The summed E-state index contributed by atoms with van der Waals surface area (Å²) in [5, 5.41) is 17.4. The second-order valence-electron chi connectivity index (χ2n) is 4.42. The smallest absolute Gasteiger partial charge is 0.330 e. The average molecular weight is 257 g/mol. The number of aliphatic imine (C=N–C) groups is 1. The van der Waals surface area contributed by atoms with Crippen LogP contribution in [0.15, 0.2) is 4.99 Å². The van der Waals surface area contributed by atoms with Crippen molar-refractivity contribution in [3.05, 3.63) is 0 Å². The van der Waals surface area contributed by atoms with E-state index in [1.54, 1.807) is 6.92 Å². The minimum Gasteiger partial charge on any atom is -0.480 e. The zero-order valence-corrected chi connectivity index (χ0v) is 10.4. The maximum absolute atomic E-state index is 10.8. The molecular formula is C11H19N3O4. The molecule has 1 rings (SSSR count). The van der Waals surface area contributed by atoms with Crippen LogP contribution in [0.1, 0.15) is 26.2 Å². The highest BCUT2D eigenvalue weighted by Crippen LogP contribution is 2.11. The lowest BCUT2D eigenvalue weighted by Gasteiger charge is -2.18. The fourth-order valence-corrected chi connectivity index (χ4v) is 1.87. The Balaban J connectivity index is 2.24. The molecule has 4 N–H and O–H groups in total. The first-order valence-corrected chi connectivity index (χ1v) is 5.92. The molecule has 1 aliphatic rings. The Bertz CT molecular complexity index is 356. The Morgan fingerprint density at radius 2 is 2.17 bits per heavy atom. The number of aliphatic carboxylic acids is 2. The summed E-state index contributed by atoms with van der Waals surface area (Å²) < 4.78 is 0. The number of carboxylic acid groups (broad SMARTS) is 2. The topological polar surface area (TPSA) is 116 Å². The molecule has 0 spiro atoms. The third-order valence-electron chi connectivity index (χ3n) is 2.99. The van der Waals surface area contributed by atoms with E-state index >= 15 is 0 Å². The minimum atomic E-state index is -0.986. The van der Waals surface area contributed by atoms with Crippen molar-refractivity contribution in [1.29, 1.82) is 0 Å². The quantitative estimate of drug-likeness (QED) is 0.542. The zero-order chi connectivity index (χ0) is 13.7. The van der Waals surface area contributed by atoms with Crippen LogP contribution in [0.5, 0.6) is 0 Å². The van der Waals surface area contributed by atoms with Crippen molar-refractivity contribution in [1.82, 2.24) is 4.90 Å². The molecule has 1 heterocycles. The van der Waals surface area contributed by atoms with E-state index in [4.69, 9.17) is 15.9 Å². The van der Waals surface area contributed by atoms with Crippen LogP contribution < -0.4 is 5.73 Å². The second-order valence-corrected chi connectivity index (χ2v) is 4.42. The summed E-state index contributed by atoms with van der Waals surface area (Å²) in [6.07, 6.45) is 1.91. The molecule has 0 aromatic carbocycles. The van der Waals surface area contributed by atoms with Crippen LogP contribution in [0.25, 0.3) is 0 Å². The van der Waals surface area contributed by atoms with Gasteiger partial charge >= 0.3 is 11.9 Å². The summed E-state index contributed by atoms with van der Waals surface area (Å²) in [7, 11) is 0. The van der Waals surface area contributed by atoms with Gasteiger partial charge in [0.05, 0.1) is 12.4 Å². The Morgan fingerprint density at radius 1 is 1.50 bits per heavy atom. The van der Waals surface area contributed by atoms with E-state index in [0.29, 0.717) is 25.9 Å². The van der Waals surface area contributed by atoms with E-state index in [1.165, 1.54) is 0 Å². The number of unbranched alkanes of at least 4 members (excludes halogenated alkanes) is 1. The number of rotatable bonds is 7. The number of carbonyl (C=O) groups is 2. The minimum absolute atomic E-state index is 0.395. The van der Waals surface area contributed by atoms with Gasteiger partial charge in [-0.1, -0.05) is 0 Å². The van der Waals surface area contributed by atoms with Crippen molar-refractivity contribution in [2.45, 2.75) is 38.3 Å². The van der Waals surface area contributed by atoms with E-state index < -0.39 is 24.0 Å². The highest BCUT2D eigenvalue weighted by molar-refractivity contribution is 5.87. The molecule has 7 nitrogen and oxygen atoms in total. The van der Waals surface area contributed by atoms with Gasteiger partial charge in [-0.2, -0.15) is 0 Å². The van der Waals surface area contributed by atoms with E-state index in [-0.39, 0.29) is 0 Å². The van der Waals surface area contributed by atoms with Crippen LogP contribution in [-0.2, 0) is 9.59 Å². The second kappa shape index (κ2) is 6.34. The van der Waals surface area contributed by atoms with Gasteiger partial charge in [-0.3, -0.25) is 9.79 Å². The fourth-order valence-electron chi connectivity index (χ4n) is 1.87. The molecule has 0 saturated heterocycles. The largest absolute Gasteiger partial charge is 0.480 e. The molecule has 1 unspecified atom stereocenters. The van der Waals surface area contributed by atoms with Gasteiger partial charge in [0.1, 0.15) is 6.04 Å². The first-order chi connectivity index (χ1) is 8.41. The molecule has 0 fully saturated rings. The van der Waals surface area contributed by atoms with Crippen LogP contribution in [0.4, 0.5) is 0 Å². The van der Waals surface area contributed by atoms with Crippen LogP contribution in [-0.4, -0.2) is 58.1 Å². The molecule has 0 aromatic rings. The van der Waals surface area contributed by atoms with Gasteiger partial charge in [0, 0.05) is 6.54 Å². The van der Waals surface area contributed by atoms with Crippen molar-refractivity contribution in [2.75, 3.05) is 13.1 Å². The molecule has 2 atom stereocenters. The summed E-state index contributed by atoms with van der Waals surface area (Å²) in [4.78, 5) is 27.2. The molecule has 0 bridgehead atoms. The SMILES string of the molecule is CC1=NC(C(=O)O)CN1CCCC[C@H](N)C(=O)O. The monoisotopic (exact) mass is 257 g/mol. The lowest BCUT2D eigenvalue weighted by molar-refractivity contribution is -0.139. The van der Waals surface area contributed by atoms with Crippen LogP contribution >= 0.6 is 0 Å². The Labute approximate surface area is 105 Å². The van der Waals surface area contributed by atoms with Gasteiger partial charge in [-0.15, -0.1) is 0 Å². The molecule has 7 heteroatoms. The summed E-state index contributed by atoms with van der Waals surface area (Å²) in [5.74, 6) is -1.17. The first kappa shape index (κ1) is 14.4. The highest BCUT2D eigenvalue weighted by atomic mass is 16.4. The number of nitrogens with two attached hydrogens (primary N) is 1. The third kappa shape index (κ3) is 3.99. The number of hydrogen-bond acceptors (Lipinski definition) is 5. The van der Waals surface area contributed by atoms with Crippen LogP contribution in [0.3, 0.4) is 0 Å². The zero-order valence-electron chi connectivity index (χ0n) is 10.4. The van der Waals surface area contributed by atoms with Crippen molar-refractivity contribution in [2.24, 2.45) is 10.7 Å². The molecule has 0 aliphatic carbocycles. The highest BCUT2D eigenvalue weighted by Gasteiger charge is 2.27. The van der Waals surface area contributed by atoms with E-state index in [1.807, 2.05) is 4.90 Å². The number of nitrogens with zero attached hydrogens (tertiary/aromatic N) is 2. The first-order valence-electron chi connectivity index (χ1n) is 5.92. The Morgan fingerprint density at radius 3 is 2.67 bits per heavy atom. The van der Waals surface area contributed by atoms with Gasteiger partial charge < -0.3 is 20.8 Å². The van der Waals surface area contributed by atoms with Crippen molar-refractivity contribution in [3.8, 4) is 0 Å².